The van der Waals surface area contributed by atoms with Crippen molar-refractivity contribution in [3.05, 3.63) is 48.0 Å². The standard InChI is InChI=1S/C15H18O2/c1-10(16)15(11(2)17)14-8-7-12-5-3-4-6-13(12)9-14/h3-11,15-17H,1-2H3. The van der Waals surface area contributed by atoms with Gasteiger partial charge in [-0.25, -0.2) is 0 Å². The zero-order valence-electron chi connectivity index (χ0n) is 10.2. The lowest BCUT2D eigenvalue weighted by Crippen LogP contribution is -2.25. The Balaban J connectivity index is 2.47. The van der Waals surface area contributed by atoms with Gasteiger partial charge in [0.2, 0.25) is 0 Å². The largest absolute Gasteiger partial charge is 0.393 e. The molecule has 2 N–H and O–H groups in total. The molecule has 0 saturated heterocycles. The number of aliphatic hydroxyl groups is 2. The lowest BCUT2D eigenvalue weighted by molar-refractivity contribution is 0.0730. The molecule has 0 fully saturated rings. The molecule has 2 unspecified atom stereocenters. The van der Waals surface area contributed by atoms with Crippen LogP contribution in [0.25, 0.3) is 10.8 Å². The molecule has 0 aliphatic heterocycles. The monoisotopic (exact) mass is 230 g/mol. The Morgan fingerprint density at radius 3 is 2.00 bits per heavy atom. The predicted molar refractivity (Wildman–Crippen MR) is 70.1 cm³/mol. The smallest absolute Gasteiger partial charge is 0.0605 e. The number of hydrogen-bond donors (Lipinski definition) is 2. The average Bonchev–Trinajstić information content (AvgIpc) is 2.28. The van der Waals surface area contributed by atoms with Crippen molar-refractivity contribution in [3.63, 3.8) is 0 Å². The number of aliphatic hydroxyl groups excluding tert-OH is 2. The van der Waals surface area contributed by atoms with Crippen LogP contribution in [0.3, 0.4) is 0 Å². The Kier molecular flexibility index (Phi) is 3.46. The zero-order valence-corrected chi connectivity index (χ0v) is 10.2. The molecule has 90 valence electrons. The molecule has 0 aliphatic carbocycles. The van der Waals surface area contributed by atoms with Gasteiger partial charge in [-0.1, -0.05) is 42.5 Å². The molecule has 2 atom stereocenters. The first-order chi connectivity index (χ1) is 8.09. The van der Waals surface area contributed by atoms with E-state index in [9.17, 15) is 10.2 Å². The average molecular weight is 230 g/mol. The van der Waals surface area contributed by atoms with E-state index < -0.39 is 12.2 Å². The second kappa shape index (κ2) is 4.86. The Morgan fingerprint density at radius 2 is 1.41 bits per heavy atom. The van der Waals surface area contributed by atoms with Gasteiger partial charge in [0.05, 0.1) is 12.2 Å². The highest BCUT2D eigenvalue weighted by atomic mass is 16.3. The number of fused-ring (bicyclic) bond motifs is 1. The van der Waals surface area contributed by atoms with E-state index in [1.807, 2.05) is 36.4 Å². The van der Waals surface area contributed by atoms with Gasteiger partial charge in [-0.2, -0.15) is 0 Å². The normalized spacial score (nSPS) is 16.7. The molecule has 0 radical (unpaired) electrons. The Bertz CT molecular complexity index is 495. The van der Waals surface area contributed by atoms with Gasteiger partial charge in [-0.05, 0) is 30.2 Å². The number of rotatable bonds is 3. The van der Waals surface area contributed by atoms with Crippen LogP contribution in [0.1, 0.15) is 25.3 Å². The summed E-state index contributed by atoms with van der Waals surface area (Å²) in [5, 5.41) is 21.8. The first kappa shape index (κ1) is 12.1. The van der Waals surface area contributed by atoms with E-state index in [0.717, 1.165) is 10.9 Å². The van der Waals surface area contributed by atoms with E-state index >= 15 is 0 Å². The fourth-order valence-corrected chi connectivity index (χ4v) is 2.38. The van der Waals surface area contributed by atoms with E-state index in [2.05, 4.69) is 6.07 Å². The highest BCUT2D eigenvalue weighted by Gasteiger charge is 2.22. The third-order valence-electron chi connectivity index (χ3n) is 3.20. The molecule has 0 spiro atoms. The van der Waals surface area contributed by atoms with Gasteiger partial charge in [0.1, 0.15) is 0 Å². The van der Waals surface area contributed by atoms with Gasteiger partial charge < -0.3 is 10.2 Å². The fourth-order valence-electron chi connectivity index (χ4n) is 2.38. The van der Waals surface area contributed by atoms with Crippen molar-refractivity contribution in [1.82, 2.24) is 0 Å². The molecule has 2 aromatic rings. The molecule has 2 aromatic carbocycles. The first-order valence-corrected chi connectivity index (χ1v) is 5.94. The SMILES string of the molecule is CC(O)C(c1ccc2ccccc2c1)C(C)O. The van der Waals surface area contributed by atoms with Crippen molar-refractivity contribution in [3.8, 4) is 0 Å². The molecule has 17 heavy (non-hydrogen) atoms. The van der Waals surface area contributed by atoms with Crippen LogP contribution in [0, 0.1) is 0 Å². The summed E-state index contributed by atoms with van der Waals surface area (Å²) in [5.74, 6) is -0.236. The second-order valence-electron chi connectivity index (χ2n) is 4.61. The molecular weight excluding hydrogens is 212 g/mol. The van der Waals surface area contributed by atoms with Crippen LogP contribution in [0.4, 0.5) is 0 Å². The minimum absolute atomic E-state index is 0.236. The lowest BCUT2D eigenvalue weighted by Gasteiger charge is -2.23. The molecule has 2 heteroatoms. The number of benzene rings is 2. The summed E-state index contributed by atoms with van der Waals surface area (Å²) < 4.78 is 0. The Labute approximate surface area is 102 Å². The summed E-state index contributed by atoms with van der Waals surface area (Å²) in [7, 11) is 0. The van der Waals surface area contributed by atoms with Crippen LogP contribution in [-0.2, 0) is 0 Å². The highest BCUT2D eigenvalue weighted by molar-refractivity contribution is 5.83. The number of hydrogen-bond acceptors (Lipinski definition) is 2. The summed E-state index contributed by atoms with van der Waals surface area (Å²) >= 11 is 0. The third kappa shape index (κ3) is 2.48. The zero-order chi connectivity index (χ0) is 12.4. The van der Waals surface area contributed by atoms with Crippen molar-refractivity contribution in [2.45, 2.75) is 32.0 Å². The molecule has 2 rings (SSSR count). The van der Waals surface area contributed by atoms with Crippen LogP contribution in [0.5, 0.6) is 0 Å². The minimum atomic E-state index is -0.559. The Hall–Kier alpha value is -1.38. The molecule has 0 heterocycles. The van der Waals surface area contributed by atoms with E-state index in [0.29, 0.717) is 0 Å². The van der Waals surface area contributed by atoms with Gasteiger partial charge in [-0.3, -0.25) is 0 Å². The molecule has 0 aromatic heterocycles. The third-order valence-corrected chi connectivity index (χ3v) is 3.20. The summed E-state index contributed by atoms with van der Waals surface area (Å²) in [6, 6.07) is 14.1. The summed E-state index contributed by atoms with van der Waals surface area (Å²) in [6.45, 7) is 3.43. The van der Waals surface area contributed by atoms with Crippen LogP contribution in [-0.4, -0.2) is 22.4 Å². The van der Waals surface area contributed by atoms with E-state index in [1.165, 1.54) is 5.39 Å². The van der Waals surface area contributed by atoms with Crippen molar-refractivity contribution in [1.29, 1.82) is 0 Å². The van der Waals surface area contributed by atoms with Gasteiger partial charge in [0, 0.05) is 5.92 Å². The van der Waals surface area contributed by atoms with Crippen LogP contribution in [0.15, 0.2) is 42.5 Å². The van der Waals surface area contributed by atoms with Gasteiger partial charge in [0.15, 0.2) is 0 Å². The van der Waals surface area contributed by atoms with Crippen molar-refractivity contribution >= 4 is 10.8 Å². The van der Waals surface area contributed by atoms with E-state index in [4.69, 9.17) is 0 Å². The van der Waals surface area contributed by atoms with Gasteiger partial charge in [0.25, 0.3) is 0 Å². The molecule has 0 aliphatic rings. The van der Waals surface area contributed by atoms with Crippen LogP contribution in [0.2, 0.25) is 0 Å². The maximum Gasteiger partial charge on any atom is 0.0605 e. The molecule has 0 saturated carbocycles. The van der Waals surface area contributed by atoms with Gasteiger partial charge in [-0.15, -0.1) is 0 Å². The fraction of sp³-hybridized carbons (Fsp3) is 0.333. The maximum atomic E-state index is 9.75. The van der Waals surface area contributed by atoms with Crippen LogP contribution < -0.4 is 0 Å². The van der Waals surface area contributed by atoms with Crippen molar-refractivity contribution in [2.75, 3.05) is 0 Å². The Morgan fingerprint density at radius 1 is 0.824 bits per heavy atom. The summed E-state index contributed by atoms with van der Waals surface area (Å²) in [4.78, 5) is 0. The van der Waals surface area contributed by atoms with Crippen LogP contribution >= 0.6 is 0 Å². The lowest BCUT2D eigenvalue weighted by atomic mass is 9.88. The van der Waals surface area contributed by atoms with Crippen molar-refractivity contribution < 1.29 is 10.2 Å². The first-order valence-electron chi connectivity index (χ1n) is 5.94. The topological polar surface area (TPSA) is 40.5 Å². The molecule has 0 amide bonds. The maximum absolute atomic E-state index is 9.75. The van der Waals surface area contributed by atoms with E-state index in [1.54, 1.807) is 13.8 Å². The summed E-state index contributed by atoms with van der Waals surface area (Å²) in [5.41, 5.74) is 0.980. The second-order valence-corrected chi connectivity index (χ2v) is 4.61. The minimum Gasteiger partial charge on any atom is -0.393 e. The highest BCUT2D eigenvalue weighted by Crippen LogP contribution is 2.27. The molecule has 0 bridgehead atoms. The van der Waals surface area contributed by atoms with Crippen molar-refractivity contribution in [2.24, 2.45) is 0 Å². The predicted octanol–water partition coefficient (Wildman–Crippen LogP) is 2.69. The molecular formula is C15H18O2. The summed E-state index contributed by atoms with van der Waals surface area (Å²) in [6.07, 6.45) is -1.12. The quantitative estimate of drug-likeness (QED) is 0.851. The van der Waals surface area contributed by atoms with Gasteiger partial charge >= 0.3 is 0 Å². The van der Waals surface area contributed by atoms with E-state index in [-0.39, 0.29) is 5.92 Å². The molecule has 2 nitrogen and oxygen atoms in total.